The van der Waals surface area contributed by atoms with E-state index >= 15 is 0 Å². The van der Waals surface area contributed by atoms with Crippen molar-refractivity contribution in [3.63, 3.8) is 0 Å². The van der Waals surface area contributed by atoms with Gasteiger partial charge in [-0.25, -0.2) is 0 Å². The highest BCUT2D eigenvalue weighted by Gasteiger charge is 2.15. The molecule has 0 aliphatic carbocycles. The summed E-state index contributed by atoms with van der Waals surface area (Å²) < 4.78 is 5.08. The van der Waals surface area contributed by atoms with Gasteiger partial charge in [-0.05, 0) is 24.5 Å². The summed E-state index contributed by atoms with van der Waals surface area (Å²) in [6, 6.07) is 3.48. The standard InChI is InChI=1S/C15H24N2O3/c1-3-5-7-12(4-2)10-16-14(18)15(19)17-11-13-8-6-9-20-13/h6,8-9,12H,3-5,7,10-11H2,1-2H3,(H,16,18)(H,17,19). The zero-order chi connectivity index (χ0) is 14.8. The number of hydrogen-bond acceptors (Lipinski definition) is 3. The first-order chi connectivity index (χ1) is 9.67. The Labute approximate surface area is 120 Å². The Balaban J connectivity index is 2.25. The van der Waals surface area contributed by atoms with Gasteiger partial charge in [0, 0.05) is 6.54 Å². The summed E-state index contributed by atoms with van der Waals surface area (Å²) in [6.07, 6.45) is 5.92. The first-order valence-electron chi connectivity index (χ1n) is 7.25. The molecule has 1 aromatic heterocycles. The van der Waals surface area contributed by atoms with Gasteiger partial charge in [-0.15, -0.1) is 0 Å². The number of carbonyl (C=O) groups excluding carboxylic acids is 2. The number of rotatable bonds is 8. The van der Waals surface area contributed by atoms with Gasteiger partial charge in [-0.3, -0.25) is 9.59 Å². The van der Waals surface area contributed by atoms with Crippen molar-refractivity contribution in [3.05, 3.63) is 24.2 Å². The van der Waals surface area contributed by atoms with Crippen LogP contribution in [0.25, 0.3) is 0 Å². The van der Waals surface area contributed by atoms with Crippen molar-refractivity contribution in [2.24, 2.45) is 5.92 Å². The van der Waals surface area contributed by atoms with E-state index in [0.717, 1.165) is 25.7 Å². The third-order valence-electron chi connectivity index (χ3n) is 3.30. The van der Waals surface area contributed by atoms with E-state index in [4.69, 9.17) is 4.42 Å². The molecule has 0 fully saturated rings. The number of carbonyl (C=O) groups is 2. The summed E-state index contributed by atoms with van der Waals surface area (Å²) in [5.41, 5.74) is 0. The Hall–Kier alpha value is -1.78. The molecule has 1 atom stereocenters. The number of hydrogen-bond donors (Lipinski definition) is 2. The lowest BCUT2D eigenvalue weighted by atomic mass is 9.99. The lowest BCUT2D eigenvalue weighted by Crippen LogP contribution is -2.41. The van der Waals surface area contributed by atoms with Crippen LogP contribution in [-0.4, -0.2) is 18.4 Å². The molecule has 0 spiro atoms. The topological polar surface area (TPSA) is 71.3 Å². The summed E-state index contributed by atoms with van der Waals surface area (Å²) in [7, 11) is 0. The fourth-order valence-electron chi connectivity index (χ4n) is 1.92. The van der Waals surface area contributed by atoms with E-state index in [1.165, 1.54) is 6.26 Å². The minimum Gasteiger partial charge on any atom is -0.467 e. The minimum atomic E-state index is -0.619. The molecular formula is C15H24N2O3. The van der Waals surface area contributed by atoms with Crippen molar-refractivity contribution < 1.29 is 14.0 Å². The van der Waals surface area contributed by atoms with Crippen LogP contribution in [0.15, 0.2) is 22.8 Å². The second-order valence-electron chi connectivity index (χ2n) is 4.89. The summed E-state index contributed by atoms with van der Waals surface area (Å²) in [6.45, 7) is 5.03. The smallest absolute Gasteiger partial charge is 0.309 e. The molecule has 5 nitrogen and oxygen atoms in total. The Bertz CT molecular complexity index is 401. The van der Waals surface area contributed by atoms with Crippen LogP contribution in [0, 0.1) is 5.92 Å². The Kier molecular flexibility index (Phi) is 7.47. The molecule has 0 aliphatic heterocycles. The highest BCUT2D eigenvalue weighted by Crippen LogP contribution is 2.11. The highest BCUT2D eigenvalue weighted by atomic mass is 16.3. The second-order valence-corrected chi connectivity index (χ2v) is 4.89. The fourth-order valence-corrected chi connectivity index (χ4v) is 1.92. The van der Waals surface area contributed by atoms with Crippen molar-refractivity contribution >= 4 is 11.8 Å². The van der Waals surface area contributed by atoms with Gasteiger partial charge in [0.1, 0.15) is 5.76 Å². The molecule has 0 aliphatic rings. The summed E-state index contributed by atoms with van der Waals surface area (Å²) in [5, 5.41) is 5.22. The lowest BCUT2D eigenvalue weighted by molar-refractivity contribution is -0.139. The molecule has 2 N–H and O–H groups in total. The van der Waals surface area contributed by atoms with Gasteiger partial charge in [0.25, 0.3) is 0 Å². The summed E-state index contributed by atoms with van der Waals surface area (Å²) >= 11 is 0. The Morgan fingerprint density at radius 3 is 2.60 bits per heavy atom. The van der Waals surface area contributed by atoms with Gasteiger partial charge >= 0.3 is 11.8 Å². The minimum absolute atomic E-state index is 0.228. The summed E-state index contributed by atoms with van der Waals surface area (Å²) in [4.78, 5) is 23.2. The van der Waals surface area contributed by atoms with E-state index in [2.05, 4.69) is 24.5 Å². The Morgan fingerprint density at radius 1 is 1.25 bits per heavy atom. The first-order valence-corrected chi connectivity index (χ1v) is 7.25. The maximum absolute atomic E-state index is 11.6. The van der Waals surface area contributed by atoms with Gasteiger partial charge in [-0.1, -0.05) is 33.1 Å². The Morgan fingerprint density at radius 2 is 2.00 bits per heavy atom. The van der Waals surface area contributed by atoms with Crippen LogP contribution >= 0.6 is 0 Å². The quantitative estimate of drug-likeness (QED) is 0.717. The number of nitrogens with one attached hydrogen (secondary N) is 2. The van der Waals surface area contributed by atoms with Crippen LogP contribution in [0.1, 0.15) is 45.3 Å². The maximum Gasteiger partial charge on any atom is 0.309 e. The third kappa shape index (κ3) is 5.91. The predicted octanol–water partition coefficient (Wildman–Crippen LogP) is 2.23. The molecule has 0 bridgehead atoms. The van der Waals surface area contributed by atoms with Gasteiger partial charge in [0.2, 0.25) is 0 Å². The monoisotopic (exact) mass is 280 g/mol. The van der Waals surface area contributed by atoms with E-state index in [9.17, 15) is 9.59 Å². The van der Waals surface area contributed by atoms with E-state index in [0.29, 0.717) is 18.2 Å². The normalized spacial score (nSPS) is 11.9. The zero-order valence-corrected chi connectivity index (χ0v) is 12.3. The molecule has 0 radical (unpaired) electrons. The van der Waals surface area contributed by atoms with Crippen LogP contribution < -0.4 is 10.6 Å². The van der Waals surface area contributed by atoms with Crippen molar-refractivity contribution in [1.82, 2.24) is 10.6 Å². The lowest BCUT2D eigenvalue weighted by Gasteiger charge is -2.14. The molecular weight excluding hydrogens is 256 g/mol. The summed E-state index contributed by atoms with van der Waals surface area (Å²) in [5.74, 6) is -0.129. The van der Waals surface area contributed by atoms with E-state index in [-0.39, 0.29) is 6.54 Å². The van der Waals surface area contributed by atoms with Crippen molar-refractivity contribution in [3.8, 4) is 0 Å². The van der Waals surface area contributed by atoms with Crippen LogP contribution in [-0.2, 0) is 16.1 Å². The van der Waals surface area contributed by atoms with Gasteiger partial charge in [0.15, 0.2) is 0 Å². The average Bonchev–Trinajstić information content (AvgIpc) is 2.98. The van der Waals surface area contributed by atoms with Gasteiger partial charge in [0.05, 0.1) is 12.8 Å². The number of furan rings is 1. The average molecular weight is 280 g/mol. The first kappa shape index (κ1) is 16.3. The highest BCUT2D eigenvalue weighted by molar-refractivity contribution is 6.35. The van der Waals surface area contributed by atoms with E-state index in [1.807, 2.05) is 0 Å². The van der Waals surface area contributed by atoms with Crippen LogP contribution in [0.2, 0.25) is 0 Å². The van der Waals surface area contributed by atoms with Crippen LogP contribution in [0.4, 0.5) is 0 Å². The SMILES string of the molecule is CCCCC(CC)CNC(=O)C(=O)NCc1ccco1. The predicted molar refractivity (Wildman–Crippen MR) is 76.9 cm³/mol. The van der Waals surface area contributed by atoms with Crippen LogP contribution in [0.3, 0.4) is 0 Å². The van der Waals surface area contributed by atoms with Gasteiger partial charge in [-0.2, -0.15) is 0 Å². The molecule has 20 heavy (non-hydrogen) atoms. The molecule has 5 heteroatoms. The zero-order valence-electron chi connectivity index (χ0n) is 12.3. The van der Waals surface area contributed by atoms with Crippen molar-refractivity contribution in [2.75, 3.05) is 6.54 Å². The molecule has 0 saturated heterocycles. The molecule has 0 aromatic carbocycles. The van der Waals surface area contributed by atoms with E-state index < -0.39 is 11.8 Å². The number of amides is 2. The van der Waals surface area contributed by atoms with Gasteiger partial charge < -0.3 is 15.1 Å². The fraction of sp³-hybridized carbons (Fsp3) is 0.600. The largest absolute Gasteiger partial charge is 0.467 e. The van der Waals surface area contributed by atoms with Crippen molar-refractivity contribution in [1.29, 1.82) is 0 Å². The van der Waals surface area contributed by atoms with E-state index in [1.54, 1.807) is 12.1 Å². The molecule has 1 rings (SSSR count). The molecule has 2 amide bonds. The van der Waals surface area contributed by atoms with Crippen LogP contribution in [0.5, 0.6) is 0 Å². The second kappa shape index (κ2) is 9.18. The molecule has 1 aromatic rings. The van der Waals surface area contributed by atoms with Crippen molar-refractivity contribution in [2.45, 2.75) is 46.1 Å². The molecule has 1 heterocycles. The third-order valence-corrected chi connectivity index (χ3v) is 3.30. The molecule has 1 unspecified atom stereocenters. The molecule has 112 valence electrons. The number of unbranched alkanes of at least 4 members (excludes halogenated alkanes) is 1. The maximum atomic E-state index is 11.6. The molecule has 0 saturated carbocycles.